The molecule has 6 nitrogen and oxygen atoms in total. The zero-order chi connectivity index (χ0) is 10.6. The van der Waals surface area contributed by atoms with Crippen LogP contribution in [-0.4, -0.2) is 27.2 Å². The summed E-state index contributed by atoms with van der Waals surface area (Å²) in [7, 11) is 0. The van der Waals surface area contributed by atoms with Crippen LogP contribution in [-0.2, 0) is 0 Å². The number of hydrazine groups is 1. The Kier molecular flexibility index (Phi) is 3.21. The van der Waals surface area contributed by atoms with Crippen LogP contribution in [0.2, 0.25) is 0 Å². The molecule has 0 bridgehead atoms. The fourth-order valence-electron chi connectivity index (χ4n) is 0.834. The average Bonchev–Trinajstić information content (AvgIpc) is 2.14. The van der Waals surface area contributed by atoms with Crippen molar-refractivity contribution in [1.29, 1.82) is 0 Å². The first-order valence-electron chi connectivity index (χ1n) is 4.27. The Bertz CT molecular complexity index is 296. The lowest BCUT2D eigenvalue weighted by Crippen LogP contribution is -2.29. The largest absolute Gasteiger partial charge is 0.389 e. The first-order chi connectivity index (χ1) is 6.51. The number of anilines is 2. The molecule has 1 rings (SSSR count). The van der Waals surface area contributed by atoms with Crippen LogP contribution in [0, 0.1) is 0 Å². The number of hydrogen-bond donors (Lipinski definition) is 4. The van der Waals surface area contributed by atoms with E-state index in [1.165, 1.54) is 0 Å². The first kappa shape index (κ1) is 10.7. The van der Waals surface area contributed by atoms with E-state index in [1.54, 1.807) is 26.1 Å². The number of rotatable bonds is 4. The van der Waals surface area contributed by atoms with Gasteiger partial charge in [0.1, 0.15) is 5.82 Å². The summed E-state index contributed by atoms with van der Waals surface area (Å²) in [6, 6.07) is 1.70. The van der Waals surface area contributed by atoms with Gasteiger partial charge in [-0.1, -0.05) is 0 Å². The summed E-state index contributed by atoms with van der Waals surface area (Å²) in [5.74, 6) is 6.11. The van der Waals surface area contributed by atoms with Gasteiger partial charge in [0.05, 0.1) is 5.60 Å². The van der Waals surface area contributed by atoms with Crippen molar-refractivity contribution in [2.75, 3.05) is 17.3 Å². The third-order valence-corrected chi connectivity index (χ3v) is 1.49. The topological polar surface area (TPSA) is 96.1 Å². The van der Waals surface area contributed by atoms with Gasteiger partial charge in [0.15, 0.2) is 0 Å². The third kappa shape index (κ3) is 3.55. The number of aliphatic hydroxyl groups is 1. The molecule has 0 aromatic carbocycles. The Morgan fingerprint density at radius 2 is 2.29 bits per heavy atom. The van der Waals surface area contributed by atoms with Gasteiger partial charge in [-0.25, -0.2) is 10.8 Å². The van der Waals surface area contributed by atoms with Crippen molar-refractivity contribution in [3.8, 4) is 0 Å². The molecule has 5 N–H and O–H groups in total. The molecule has 0 aliphatic rings. The number of hydrogen-bond acceptors (Lipinski definition) is 6. The molecule has 1 heterocycles. The van der Waals surface area contributed by atoms with Gasteiger partial charge in [0.25, 0.3) is 0 Å². The van der Waals surface area contributed by atoms with E-state index >= 15 is 0 Å². The lowest BCUT2D eigenvalue weighted by atomic mass is 10.1. The van der Waals surface area contributed by atoms with E-state index in [2.05, 4.69) is 20.7 Å². The number of nitrogens with zero attached hydrogens (tertiary/aromatic N) is 2. The fourth-order valence-corrected chi connectivity index (χ4v) is 0.834. The van der Waals surface area contributed by atoms with Crippen LogP contribution in [0.15, 0.2) is 12.3 Å². The second-order valence-electron chi connectivity index (χ2n) is 3.58. The van der Waals surface area contributed by atoms with Crippen LogP contribution in [0.5, 0.6) is 0 Å². The highest BCUT2D eigenvalue weighted by Crippen LogP contribution is 2.07. The van der Waals surface area contributed by atoms with E-state index in [9.17, 15) is 5.11 Å². The SMILES string of the molecule is CC(C)(O)CNc1ccnc(NN)n1. The average molecular weight is 197 g/mol. The van der Waals surface area contributed by atoms with Gasteiger partial charge >= 0.3 is 0 Å². The molecule has 0 saturated heterocycles. The molecule has 0 spiro atoms. The van der Waals surface area contributed by atoms with Crippen molar-refractivity contribution in [2.24, 2.45) is 5.84 Å². The van der Waals surface area contributed by atoms with E-state index in [-0.39, 0.29) is 0 Å². The van der Waals surface area contributed by atoms with E-state index in [1.807, 2.05) is 0 Å². The molecule has 0 fully saturated rings. The van der Waals surface area contributed by atoms with E-state index in [0.29, 0.717) is 18.3 Å². The molecule has 0 amide bonds. The summed E-state index contributed by atoms with van der Waals surface area (Å²) in [5, 5.41) is 12.4. The summed E-state index contributed by atoms with van der Waals surface area (Å²) >= 11 is 0. The highest BCUT2D eigenvalue weighted by atomic mass is 16.3. The molecule has 78 valence electrons. The van der Waals surface area contributed by atoms with E-state index in [0.717, 1.165) is 0 Å². The van der Waals surface area contributed by atoms with Gasteiger partial charge in [-0.15, -0.1) is 0 Å². The molecular formula is C8H15N5O. The second kappa shape index (κ2) is 4.21. The molecule has 1 aromatic rings. The standard InChI is InChI=1S/C8H15N5O/c1-8(2,14)5-11-6-3-4-10-7(12-6)13-9/h3-4,14H,5,9H2,1-2H3,(H2,10,11,12,13). The molecule has 0 saturated carbocycles. The minimum atomic E-state index is -0.777. The van der Waals surface area contributed by atoms with Crippen LogP contribution >= 0.6 is 0 Å². The van der Waals surface area contributed by atoms with Gasteiger partial charge in [-0.05, 0) is 19.9 Å². The maximum atomic E-state index is 9.46. The summed E-state index contributed by atoms with van der Waals surface area (Å²) in [6.07, 6.45) is 1.58. The zero-order valence-corrected chi connectivity index (χ0v) is 8.28. The summed E-state index contributed by atoms with van der Waals surface area (Å²) in [4.78, 5) is 7.88. The lowest BCUT2D eigenvalue weighted by molar-refractivity contribution is 0.0944. The summed E-state index contributed by atoms with van der Waals surface area (Å²) < 4.78 is 0. The molecule has 1 aromatic heterocycles. The van der Waals surface area contributed by atoms with Crippen LogP contribution in [0.4, 0.5) is 11.8 Å². The molecule has 0 atom stereocenters. The second-order valence-corrected chi connectivity index (χ2v) is 3.58. The van der Waals surface area contributed by atoms with Crippen molar-refractivity contribution in [2.45, 2.75) is 19.4 Å². The van der Waals surface area contributed by atoms with Crippen LogP contribution in [0.3, 0.4) is 0 Å². The van der Waals surface area contributed by atoms with Gasteiger partial charge in [-0.3, -0.25) is 5.43 Å². The third-order valence-electron chi connectivity index (χ3n) is 1.49. The monoisotopic (exact) mass is 197 g/mol. The first-order valence-corrected chi connectivity index (χ1v) is 4.27. The Labute approximate surface area is 82.5 Å². The van der Waals surface area contributed by atoms with Crippen molar-refractivity contribution >= 4 is 11.8 Å². The molecule has 0 radical (unpaired) electrons. The Hall–Kier alpha value is -1.40. The molecular weight excluding hydrogens is 182 g/mol. The number of aromatic nitrogens is 2. The van der Waals surface area contributed by atoms with Crippen LogP contribution < -0.4 is 16.6 Å². The quantitative estimate of drug-likeness (QED) is 0.399. The molecule has 6 heteroatoms. The van der Waals surface area contributed by atoms with Gasteiger partial charge in [0.2, 0.25) is 5.95 Å². The van der Waals surface area contributed by atoms with E-state index in [4.69, 9.17) is 5.84 Å². The lowest BCUT2D eigenvalue weighted by Gasteiger charge is -2.17. The molecule has 0 aliphatic heterocycles. The van der Waals surface area contributed by atoms with Gasteiger partial charge in [-0.2, -0.15) is 4.98 Å². The number of nitrogens with two attached hydrogens (primary N) is 1. The van der Waals surface area contributed by atoms with Crippen LogP contribution in [0.25, 0.3) is 0 Å². The van der Waals surface area contributed by atoms with Crippen molar-refractivity contribution < 1.29 is 5.11 Å². The van der Waals surface area contributed by atoms with Crippen molar-refractivity contribution in [3.05, 3.63) is 12.3 Å². The predicted octanol–water partition coefficient (Wildman–Crippen LogP) is -0.0550. The minimum absolute atomic E-state index is 0.339. The Morgan fingerprint density at radius 1 is 1.57 bits per heavy atom. The zero-order valence-electron chi connectivity index (χ0n) is 8.28. The Balaban J connectivity index is 2.59. The number of nitrogen functional groups attached to an aromatic ring is 1. The van der Waals surface area contributed by atoms with E-state index < -0.39 is 5.60 Å². The summed E-state index contributed by atoms with van der Waals surface area (Å²) in [6.45, 7) is 3.83. The maximum absolute atomic E-state index is 9.46. The highest BCUT2D eigenvalue weighted by molar-refractivity contribution is 5.39. The molecule has 0 aliphatic carbocycles. The van der Waals surface area contributed by atoms with Gasteiger partial charge < -0.3 is 10.4 Å². The minimum Gasteiger partial charge on any atom is -0.389 e. The smallest absolute Gasteiger partial charge is 0.239 e. The van der Waals surface area contributed by atoms with Crippen molar-refractivity contribution in [3.63, 3.8) is 0 Å². The van der Waals surface area contributed by atoms with Crippen molar-refractivity contribution in [1.82, 2.24) is 9.97 Å². The maximum Gasteiger partial charge on any atom is 0.239 e. The molecule has 14 heavy (non-hydrogen) atoms. The fraction of sp³-hybridized carbons (Fsp3) is 0.500. The number of nitrogens with one attached hydrogen (secondary N) is 2. The normalized spacial score (nSPS) is 11.1. The predicted molar refractivity (Wildman–Crippen MR) is 54.6 cm³/mol. The van der Waals surface area contributed by atoms with Crippen LogP contribution in [0.1, 0.15) is 13.8 Å². The van der Waals surface area contributed by atoms with Gasteiger partial charge in [0, 0.05) is 12.7 Å². The highest BCUT2D eigenvalue weighted by Gasteiger charge is 2.11. The molecule has 0 unspecified atom stereocenters. The summed E-state index contributed by atoms with van der Waals surface area (Å²) in [5.41, 5.74) is 1.56. The Morgan fingerprint density at radius 3 is 2.86 bits per heavy atom.